The summed E-state index contributed by atoms with van der Waals surface area (Å²) in [7, 11) is -7.34. The van der Waals surface area contributed by atoms with Gasteiger partial charge < -0.3 is 19.7 Å². The van der Waals surface area contributed by atoms with Crippen molar-refractivity contribution < 1.29 is 50.0 Å². The summed E-state index contributed by atoms with van der Waals surface area (Å²) in [4.78, 5) is 46.9. The first-order valence-corrected chi connectivity index (χ1v) is 21.9. The Kier molecular flexibility index (Phi) is 12.7. The van der Waals surface area contributed by atoms with Gasteiger partial charge in [0.25, 0.3) is 5.91 Å². The highest BCUT2D eigenvalue weighted by Gasteiger charge is 2.45. The number of amides is 3. The van der Waals surface area contributed by atoms with E-state index >= 15 is 4.21 Å². The molecule has 11 nitrogen and oxygen atoms in total. The molecule has 302 valence electrons. The minimum atomic E-state index is -4.89. The first kappa shape index (κ1) is 44.6. The Morgan fingerprint density at radius 2 is 1.48 bits per heavy atom. The summed E-state index contributed by atoms with van der Waals surface area (Å²) in [6, 6.07) is 5.87. The zero-order valence-corrected chi connectivity index (χ0v) is 34.8. The van der Waals surface area contributed by atoms with Crippen LogP contribution in [-0.4, -0.2) is 70.0 Å². The van der Waals surface area contributed by atoms with Crippen molar-refractivity contribution in [2.45, 2.75) is 135 Å². The number of ether oxygens (including phenoxy) is 2. The van der Waals surface area contributed by atoms with Gasteiger partial charge in [0, 0.05) is 31.6 Å². The first-order valence-electron chi connectivity index (χ1n) is 17.4. The number of alkyl halides is 5. The third-order valence-corrected chi connectivity index (χ3v) is 16.9. The summed E-state index contributed by atoms with van der Waals surface area (Å²) in [6.07, 6.45) is -8.51. The Hall–Kier alpha value is -3.80. The molecule has 1 fully saturated rings. The number of rotatable bonds is 6. The van der Waals surface area contributed by atoms with Gasteiger partial charge in [-0.05, 0) is 97.3 Å². The van der Waals surface area contributed by atoms with Crippen LogP contribution in [0.2, 0.25) is 18.1 Å². The van der Waals surface area contributed by atoms with E-state index < -0.39 is 94.2 Å². The molecule has 0 bridgehead atoms. The number of imide groups is 1. The van der Waals surface area contributed by atoms with E-state index in [9.17, 15) is 36.3 Å². The molecule has 1 N–H and O–H groups in total. The van der Waals surface area contributed by atoms with Gasteiger partial charge in [0.2, 0.25) is 5.92 Å². The Bertz CT molecular complexity index is 1850. The smallest absolute Gasteiger partial charge is 0.433 e. The van der Waals surface area contributed by atoms with Crippen LogP contribution < -0.4 is 10.2 Å². The van der Waals surface area contributed by atoms with Crippen LogP contribution in [-0.2, 0) is 25.6 Å². The maximum absolute atomic E-state index is 15.5. The monoisotopic (exact) mass is 805 g/mol. The van der Waals surface area contributed by atoms with E-state index in [1.165, 1.54) is 29.2 Å². The Morgan fingerprint density at radius 3 is 1.98 bits per heavy atom. The maximum Gasteiger partial charge on any atom is 0.433 e. The fourth-order valence-corrected chi connectivity index (χ4v) is 10.6. The van der Waals surface area contributed by atoms with E-state index in [2.05, 4.69) is 10.3 Å². The van der Waals surface area contributed by atoms with Gasteiger partial charge >= 0.3 is 18.4 Å². The second-order valence-electron chi connectivity index (χ2n) is 16.8. The molecule has 1 aliphatic rings. The molecule has 0 spiro atoms. The molecular formula is C36H52F5N5O6SSi. The molecule has 1 aromatic carbocycles. The lowest BCUT2D eigenvalue weighted by Crippen LogP contribution is -2.48. The van der Waals surface area contributed by atoms with Crippen LogP contribution in [0.5, 0.6) is 0 Å². The highest BCUT2D eigenvalue weighted by molar-refractivity contribution is 7.93. The molecule has 2 aromatic rings. The zero-order valence-electron chi connectivity index (χ0n) is 33.0. The summed E-state index contributed by atoms with van der Waals surface area (Å²) in [5.41, 5.74) is -4.55. The van der Waals surface area contributed by atoms with Gasteiger partial charge in [0.05, 0.1) is 21.7 Å². The van der Waals surface area contributed by atoms with Crippen molar-refractivity contribution in [2.75, 3.05) is 23.3 Å². The number of hydrogen-bond donors (Lipinski definition) is 1. The van der Waals surface area contributed by atoms with Crippen molar-refractivity contribution in [2.24, 2.45) is 4.03 Å². The van der Waals surface area contributed by atoms with Gasteiger partial charge in [0.15, 0.2) is 18.2 Å². The third kappa shape index (κ3) is 11.1. The predicted molar refractivity (Wildman–Crippen MR) is 200 cm³/mol. The summed E-state index contributed by atoms with van der Waals surface area (Å²) < 4.78 is 102. The van der Waals surface area contributed by atoms with Crippen molar-refractivity contribution in [3.8, 4) is 0 Å². The van der Waals surface area contributed by atoms with Crippen molar-refractivity contribution in [1.29, 1.82) is 0 Å². The molecule has 3 amide bonds. The average molecular weight is 806 g/mol. The lowest BCUT2D eigenvalue weighted by molar-refractivity contribution is -0.138. The fourth-order valence-electron chi connectivity index (χ4n) is 5.03. The van der Waals surface area contributed by atoms with E-state index in [0.29, 0.717) is 10.4 Å². The van der Waals surface area contributed by atoms with Crippen molar-refractivity contribution >= 4 is 47.7 Å². The third-order valence-electron chi connectivity index (χ3n) is 8.71. The molecule has 0 saturated carbocycles. The lowest BCUT2D eigenvalue weighted by atomic mass is 10.1. The van der Waals surface area contributed by atoms with Crippen molar-refractivity contribution in [3.05, 3.63) is 47.2 Å². The Morgan fingerprint density at radius 1 is 0.926 bits per heavy atom. The standard InChI is InChI=1S/C36H52F5N5O6SSi/c1-23-27(36(39,40)41)22-26(28(42-23)45-19-14-17-35(37,38)18-20-45)29(47)43-24-15-13-16-25(21-24)53(50,44-54(11,12)34(8,9)10)46(30(48)51-32(2,3)4)31(49)52-33(5,6)7/h13,15-16,21-22H,14,17-20H2,1-12H3,(H,43,47). The minimum Gasteiger partial charge on any atom is -0.443 e. The Balaban J connectivity index is 2.27. The molecular weight excluding hydrogens is 754 g/mol. The van der Waals surface area contributed by atoms with Gasteiger partial charge in [-0.2, -0.15) is 13.2 Å². The number of nitrogens with one attached hydrogen (secondary N) is 1. The van der Waals surface area contributed by atoms with Gasteiger partial charge in [-0.15, -0.1) is 4.31 Å². The molecule has 1 aromatic heterocycles. The SMILES string of the molecule is Cc1nc(N2CCCC(F)(F)CC2)c(C(=O)Nc2cccc(S(=O)(=N[Si](C)(C)C(C)(C)C)N(C(=O)OC(C)(C)C)C(=O)OC(C)(C)C)c2)cc1C(F)(F)F. The highest BCUT2D eigenvalue weighted by Crippen LogP contribution is 2.40. The molecule has 1 saturated heterocycles. The Labute approximate surface area is 315 Å². The van der Waals surface area contributed by atoms with Crippen LogP contribution in [0.1, 0.15) is 103 Å². The number of carbonyl (C=O) groups is 3. The summed E-state index contributed by atoms with van der Waals surface area (Å²) in [5, 5.41) is 1.96. The number of pyridine rings is 1. The van der Waals surface area contributed by atoms with E-state index in [-0.39, 0.29) is 35.9 Å². The first-order chi connectivity index (χ1) is 24.3. The summed E-state index contributed by atoms with van der Waals surface area (Å²) in [6.45, 7) is 19.4. The van der Waals surface area contributed by atoms with Crippen LogP contribution >= 0.6 is 0 Å². The van der Waals surface area contributed by atoms with Crippen molar-refractivity contribution in [3.63, 3.8) is 0 Å². The molecule has 2 heterocycles. The number of benzene rings is 1. The number of aryl methyl sites for hydroxylation is 1. The molecule has 1 atom stereocenters. The van der Waals surface area contributed by atoms with Gasteiger partial charge in [-0.1, -0.05) is 26.8 Å². The molecule has 0 radical (unpaired) electrons. The van der Waals surface area contributed by atoms with Gasteiger partial charge in [-0.25, -0.2) is 27.6 Å². The highest BCUT2D eigenvalue weighted by atomic mass is 32.2. The predicted octanol–water partition coefficient (Wildman–Crippen LogP) is 10.2. The topological polar surface area (TPSA) is 130 Å². The van der Waals surface area contributed by atoms with E-state index in [1.54, 1.807) is 54.6 Å². The quantitative estimate of drug-likeness (QED) is 0.226. The number of anilines is 2. The van der Waals surface area contributed by atoms with Crippen LogP contribution in [0.3, 0.4) is 0 Å². The lowest BCUT2D eigenvalue weighted by Gasteiger charge is -2.36. The number of hydrogen-bond acceptors (Lipinski definition) is 9. The second-order valence-corrected chi connectivity index (χ2v) is 24.0. The van der Waals surface area contributed by atoms with Crippen LogP contribution in [0, 0.1) is 6.92 Å². The summed E-state index contributed by atoms with van der Waals surface area (Å²) in [5.74, 6) is -4.27. The van der Waals surface area contributed by atoms with Crippen LogP contribution in [0.15, 0.2) is 39.3 Å². The molecule has 1 aliphatic heterocycles. The number of nitrogens with zero attached hydrogens (tertiary/aromatic N) is 4. The van der Waals surface area contributed by atoms with Gasteiger partial charge in [-0.3, -0.25) is 8.82 Å². The van der Waals surface area contributed by atoms with Crippen LogP contribution in [0.4, 0.5) is 43.0 Å². The second kappa shape index (κ2) is 15.4. The zero-order chi connectivity index (χ0) is 41.5. The maximum atomic E-state index is 15.5. The molecule has 54 heavy (non-hydrogen) atoms. The molecule has 1 unspecified atom stereocenters. The molecule has 3 rings (SSSR count). The minimum absolute atomic E-state index is 0.00966. The van der Waals surface area contributed by atoms with E-state index in [0.717, 1.165) is 6.92 Å². The normalized spacial score (nSPS) is 16.8. The van der Waals surface area contributed by atoms with E-state index in [1.807, 2.05) is 20.8 Å². The van der Waals surface area contributed by atoms with Gasteiger partial charge in [0.1, 0.15) is 17.0 Å². The average Bonchev–Trinajstić information content (AvgIpc) is 3.13. The van der Waals surface area contributed by atoms with E-state index in [4.69, 9.17) is 13.5 Å². The number of halogens is 5. The summed E-state index contributed by atoms with van der Waals surface area (Å²) >= 11 is 0. The molecule has 18 heteroatoms. The molecule has 0 aliphatic carbocycles. The number of aromatic nitrogens is 1. The fraction of sp³-hybridized carbons (Fsp3) is 0.611. The largest absolute Gasteiger partial charge is 0.443 e. The van der Waals surface area contributed by atoms with Crippen molar-refractivity contribution in [1.82, 2.24) is 9.29 Å². The van der Waals surface area contributed by atoms with Crippen LogP contribution in [0.25, 0.3) is 0 Å². The number of carbonyl (C=O) groups excluding carboxylic acids is 3.